The second-order valence-electron chi connectivity index (χ2n) is 8.39. The number of fused-ring (bicyclic) bond motifs is 1. The van der Waals surface area contributed by atoms with Crippen LogP contribution in [0.3, 0.4) is 0 Å². The first-order chi connectivity index (χ1) is 14.7. The van der Waals surface area contributed by atoms with Crippen LogP contribution in [-0.4, -0.2) is 42.3 Å². The van der Waals surface area contributed by atoms with Gasteiger partial charge in [0.15, 0.2) is 0 Å². The molecule has 2 aromatic carbocycles. The summed E-state index contributed by atoms with van der Waals surface area (Å²) in [4.78, 5) is 17.5. The molecule has 0 unspecified atom stereocenters. The van der Waals surface area contributed by atoms with Crippen molar-refractivity contribution in [1.82, 2.24) is 14.9 Å². The second-order valence-corrected chi connectivity index (χ2v) is 8.39. The Morgan fingerprint density at radius 3 is 2.67 bits per heavy atom. The number of methoxy groups -OCH3 is 1. The molecule has 156 valence electrons. The van der Waals surface area contributed by atoms with Gasteiger partial charge in [0, 0.05) is 36.8 Å². The van der Waals surface area contributed by atoms with Crippen molar-refractivity contribution in [2.24, 2.45) is 0 Å². The van der Waals surface area contributed by atoms with Crippen LogP contribution in [0.5, 0.6) is 5.75 Å². The summed E-state index contributed by atoms with van der Waals surface area (Å²) in [6, 6.07) is 14.6. The number of carbonyl (C=O) groups is 1. The van der Waals surface area contributed by atoms with E-state index in [2.05, 4.69) is 27.0 Å². The molecule has 1 N–H and O–H groups in total. The highest BCUT2D eigenvalue weighted by molar-refractivity contribution is 5.97. The molecule has 1 saturated heterocycles. The summed E-state index contributed by atoms with van der Waals surface area (Å²) in [6.45, 7) is 1.98. The van der Waals surface area contributed by atoms with E-state index in [9.17, 15) is 4.79 Å². The van der Waals surface area contributed by atoms with Crippen molar-refractivity contribution in [2.75, 3.05) is 26.9 Å². The average Bonchev–Trinajstić information content (AvgIpc) is 3.56. The van der Waals surface area contributed by atoms with E-state index in [0.717, 1.165) is 29.6 Å². The summed E-state index contributed by atoms with van der Waals surface area (Å²) >= 11 is 0. The van der Waals surface area contributed by atoms with Gasteiger partial charge in [0.1, 0.15) is 5.75 Å². The second kappa shape index (κ2) is 7.76. The third kappa shape index (κ3) is 3.56. The number of imidazole rings is 1. The lowest BCUT2D eigenvalue weighted by Gasteiger charge is -2.38. The van der Waals surface area contributed by atoms with Gasteiger partial charge in [-0.2, -0.15) is 0 Å². The van der Waals surface area contributed by atoms with Crippen molar-refractivity contribution in [1.29, 1.82) is 0 Å². The van der Waals surface area contributed by atoms with E-state index in [1.165, 1.54) is 18.4 Å². The van der Waals surface area contributed by atoms with Gasteiger partial charge in [-0.25, -0.2) is 4.98 Å². The minimum atomic E-state index is -0.127. The zero-order valence-electron chi connectivity index (χ0n) is 17.3. The van der Waals surface area contributed by atoms with Crippen LogP contribution in [0.1, 0.15) is 47.6 Å². The summed E-state index contributed by atoms with van der Waals surface area (Å²) < 4.78 is 13.1. The predicted octanol–water partition coefficient (Wildman–Crippen LogP) is 3.86. The molecule has 2 fully saturated rings. The molecular weight excluding hydrogens is 378 g/mol. The van der Waals surface area contributed by atoms with E-state index >= 15 is 0 Å². The Hall–Kier alpha value is -2.86. The molecule has 0 radical (unpaired) electrons. The van der Waals surface area contributed by atoms with Crippen molar-refractivity contribution in [3.05, 3.63) is 59.9 Å². The van der Waals surface area contributed by atoms with Gasteiger partial charge in [0.05, 0.1) is 24.5 Å². The van der Waals surface area contributed by atoms with Gasteiger partial charge in [-0.1, -0.05) is 12.1 Å². The number of hydrogen-bond donors (Lipinski definition) is 1. The Bertz CT molecular complexity index is 1050. The maximum absolute atomic E-state index is 13.0. The number of aromatic nitrogens is 2. The SMILES string of the molecule is COc1ccc(C2(CNC(=O)c3ccc4c(c3)ncn4C3CC3)CCOCC2)cc1. The lowest BCUT2D eigenvalue weighted by atomic mass is 9.74. The molecule has 0 spiro atoms. The number of rotatable bonds is 6. The molecule has 6 nitrogen and oxygen atoms in total. The minimum Gasteiger partial charge on any atom is -0.497 e. The zero-order chi connectivity index (χ0) is 20.6. The first-order valence-corrected chi connectivity index (χ1v) is 10.7. The van der Waals surface area contributed by atoms with Crippen molar-refractivity contribution in [2.45, 2.75) is 37.1 Å². The smallest absolute Gasteiger partial charge is 0.251 e. The molecule has 2 heterocycles. The van der Waals surface area contributed by atoms with E-state index in [1.54, 1.807) is 7.11 Å². The number of amides is 1. The molecule has 1 aromatic heterocycles. The molecule has 0 atom stereocenters. The molecule has 2 aliphatic rings. The third-order valence-corrected chi connectivity index (χ3v) is 6.52. The Kier molecular flexibility index (Phi) is 4.95. The Morgan fingerprint density at radius 2 is 1.97 bits per heavy atom. The van der Waals surface area contributed by atoms with Crippen LogP contribution in [0.15, 0.2) is 48.8 Å². The van der Waals surface area contributed by atoms with Gasteiger partial charge >= 0.3 is 0 Å². The lowest BCUT2D eigenvalue weighted by molar-refractivity contribution is 0.0487. The van der Waals surface area contributed by atoms with Crippen molar-refractivity contribution in [3.63, 3.8) is 0 Å². The monoisotopic (exact) mass is 405 g/mol. The topological polar surface area (TPSA) is 65.4 Å². The number of nitrogens with zero attached hydrogens (tertiary/aromatic N) is 2. The van der Waals surface area contributed by atoms with Crippen LogP contribution in [0.25, 0.3) is 11.0 Å². The quantitative estimate of drug-likeness (QED) is 0.676. The number of nitrogens with one attached hydrogen (secondary N) is 1. The fraction of sp³-hybridized carbons (Fsp3) is 0.417. The molecule has 1 amide bonds. The fourth-order valence-electron chi connectivity index (χ4n) is 4.44. The standard InChI is InChI=1S/C24H27N3O3/c1-29-20-7-3-18(4-8-20)24(10-12-30-13-11-24)15-25-23(28)17-2-9-22-21(14-17)26-16-27(22)19-5-6-19/h2-4,7-9,14,16,19H,5-6,10-13,15H2,1H3,(H,25,28). The van der Waals surface area contributed by atoms with Gasteiger partial charge in [-0.3, -0.25) is 4.79 Å². The number of hydrogen-bond acceptors (Lipinski definition) is 4. The van der Waals surface area contributed by atoms with Crippen molar-refractivity contribution < 1.29 is 14.3 Å². The maximum Gasteiger partial charge on any atom is 0.251 e. The Balaban J connectivity index is 1.34. The first-order valence-electron chi connectivity index (χ1n) is 10.7. The molecule has 6 heteroatoms. The summed E-state index contributed by atoms with van der Waals surface area (Å²) in [6.07, 6.45) is 6.08. The van der Waals surface area contributed by atoms with Crippen LogP contribution in [-0.2, 0) is 10.2 Å². The van der Waals surface area contributed by atoms with Crippen LogP contribution in [0, 0.1) is 0 Å². The predicted molar refractivity (Wildman–Crippen MR) is 115 cm³/mol. The molecule has 5 rings (SSSR count). The van der Waals surface area contributed by atoms with Crippen molar-refractivity contribution in [3.8, 4) is 5.75 Å². The van der Waals surface area contributed by atoms with Crippen LogP contribution >= 0.6 is 0 Å². The summed E-state index contributed by atoms with van der Waals surface area (Å²) in [5, 5.41) is 3.18. The molecular formula is C24H27N3O3. The molecule has 1 aliphatic heterocycles. The Morgan fingerprint density at radius 1 is 1.20 bits per heavy atom. The van der Waals surface area contributed by atoms with E-state index in [-0.39, 0.29) is 11.3 Å². The van der Waals surface area contributed by atoms with E-state index in [4.69, 9.17) is 9.47 Å². The first kappa shape index (κ1) is 19.1. The number of benzene rings is 2. The molecule has 1 saturated carbocycles. The highest BCUT2D eigenvalue weighted by atomic mass is 16.5. The van der Waals surface area contributed by atoms with Gasteiger partial charge in [0.2, 0.25) is 0 Å². The third-order valence-electron chi connectivity index (χ3n) is 6.52. The van der Waals surface area contributed by atoms with Crippen LogP contribution < -0.4 is 10.1 Å². The maximum atomic E-state index is 13.0. The molecule has 0 bridgehead atoms. The minimum absolute atomic E-state index is 0.0581. The van der Waals surface area contributed by atoms with Gasteiger partial charge in [-0.05, 0) is 61.6 Å². The van der Waals surface area contributed by atoms with Gasteiger partial charge < -0.3 is 19.4 Å². The van der Waals surface area contributed by atoms with E-state index in [1.807, 2.05) is 36.7 Å². The summed E-state index contributed by atoms with van der Waals surface area (Å²) in [7, 11) is 1.67. The van der Waals surface area contributed by atoms with Gasteiger partial charge in [0.25, 0.3) is 5.91 Å². The van der Waals surface area contributed by atoms with Crippen LogP contribution in [0.4, 0.5) is 0 Å². The highest BCUT2D eigenvalue weighted by Gasteiger charge is 2.35. The fourth-order valence-corrected chi connectivity index (χ4v) is 4.44. The lowest BCUT2D eigenvalue weighted by Crippen LogP contribution is -2.44. The van der Waals surface area contributed by atoms with Crippen LogP contribution in [0.2, 0.25) is 0 Å². The Labute approximate surface area is 176 Å². The summed E-state index contributed by atoms with van der Waals surface area (Å²) in [5.74, 6) is 0.779. The number of carbonyl (C=O) groups excluding carboxylic acids is 1. The summed E-state index contributed by atoms with van der Waals surface area (Å²) in [5.41, 5.74) is 3.72. The molecule has 30 heavy (non-hydrogen) atoms. The normalized spacial score (nSPS) is 18.3. The van der Waals surface area contributed by atoms with Crippen molar-refractivity contribution >= 4 is 16.9 Å². The largest absolute Gasteiger partial charge is 0.497 e. The zero-order valence-corrected chi connectivity index (χ0v) is 17.3. The van der Waals surface area contributed by atoms with E-state index < -0.39 is 0 Å². The average molecular weight is 405 g/mol. The number of ether oxygens (including phenoxy) is 2. The highest BCUT2D eigenvalue weighted by Crippen LogP contribution is 2.37. The van der Waals surface area contributed by atoms with E-state index in [0.29, 0.717) is 31.4 Å². The molecule has 1 aliphatic carbocycles. The van der Waals surface area contributed by atoms with Gasteiger partial charge in [-0.15, -0.1) is 0 Å². The molecule has 3 aromatic rings.